The predicted molar refractivity (Wildman–Crippen MR) is 114 cm³/mol. The van der Waals surface area contributed by atoms with Gasteiger partial charge in [0.15, 0.2) is 5.03 Å². The molecule has 0 saturated carbocycles. The summed E-state index contributed by atoms with van der Waals surface area (Å²) >= 11 is 0. The maximum absolute atomic E-state index is 13.3. The molecule has 2 aromatic rings. The topological polar surface area (TPSA) is 147 Å². The molecule has 158 valence electrons. The van der Waals surface area contributed by atoms with E-state index >= 15 is 0 Å². The van der Waals surface area contributed by atoms with Crippen molar-refractivity contribution in [2.75, 3.05) is 0 Å². The van der Waals surface area contributed by atoms with Crippen LogP contribution in [0.5, 0.6) is 5.75 Å². The summed E-state index contributed by atoms with van der Waals surface area (Å²) in [5.41, 5.74) is 12.5. The van der Waals surface area contributed by atoms with E-state index in [1.54, 1.807) is 54.7 Å². The fourth-order valence-electron chi connectivity index (χ4n) is 2.94. The molecular weight excluding hydrogens is 404 g/mol. The molecule has 0 saturated heterocycles. The second kappa shape index (κ2) is 8.46. The summed E-state index contributed by atoms with van der Waals surface area (Å²) in [6, 6.07) is 13.6. The van der Waals surface area contributed by atoms with Crippen LogP contribution in [0.4, 0.5) is 0 Å². The second-order valence-electron chi connectivity index (χ2n) is 6.93. The van der Waals surface area contributed by atoms with E-state index in [2.05, 4.69) is 10.3 Å². The summed E-state index contributed by atoms with van der Waals surface area (Å²) in [5.74, 6) is -0.207. The number of para-hydroxylation sites is 1. The normalized spacial score (nSPS) is 15.9. The third-order valence-corrected chi connectivity index (χ3v) is 5.68. The number of pyridine rings is 1. The van der Waals surface area contributed by atoms with E-state index in [0.29, 0.717) is 11.4 Å². The standard InChI is InChI=1S/C20H24N6O3S/c1-13(2)17-20(30(27,28)29-15-9-4-3-5-10-15)26(12-14-8-6-7-11-24-14)19(25-17)16(21)18(22)23/h3-11,13,25H,12,21H2,1-2H3,(H3,22,23). The van der Waals surface area contributed by atoms with Crippen LogP contribution in [0.2, 0.25) is 0 Å². The zero-order chi connectivity index (χ0) is 21.9. The van der Waals surface area contributed by atoms with Crippen LogP contribution in [0.15, 0.2) is 77.0 Å². The molecule has 0 bridgehead atoms. The molecule has 2 heterocycles. The van der Waals surface area contributed by atoms with Crippen LogP contribution in [-0.2, 0) is 16.7 Å². The zero-order valence-electron chi connectivity index (χ0n) is 16.7. The highest BCUT2D eigenvalue weighted by Gasteiger charge is 2.40. The maximum Gasteiger partial charge on any atom is 0.356 e. The van der Waals surface area contributed by atoms with Gasteiger partial charge >= 0.3 is 10.1 Å². The number of aromatic nitrogens is 1. The first-order valence-corrected chi connectivity index (χ1v) is 10.6. The summed E-state index contributed by atoms with van der Waals surface area (Å²) in [5, 5.41) is 10.7. The minimum absolute atomic E-state index is 0.0750. The van der Waals surface area contributed by atoms with Crippen molar-refractivity contribution in [3.63, 3.8) is 0 Å². The number of benzene rings is 1. The molecule has 1 aliphatic heterocycles. The monoisotopic (exact) mass is 428 g/mol. The summed E-state index contributed by atoms with van der Waals surface area (Å²) in [4.78, 5) is 5.71. The van der Waals surface area contributed by atoms with Crippen LogP contribution in [0.25, 0.3) is 0 Å². The van der Waals surface area contributed by atoms with E-state index in [0.717, 1.165) is 0 Å². The fourth-order valence-corrected chi connectivity index (χ4v) is 4.37. The molecule has 3 rings (SSSR count). The fraction of sp³-hybridized carbons (Fsp3) is 0.200. The van der Waals surface area contributed by atoms with Gasteiger partial charge in [-0.1, -0.05) is 38.1 Å². The number of nitrogens with one attached hydrogen (secondary N) is 2. The third kappa shape index (κ3) is 4.38. The Balaban J connectivity index is 2.14. The summed E-state index contributed by atoms with van der Waals surface area (Å²) in [6.45, 7) is 3.76. The van der Waals surface area contributed by atoms with Crippen LogP contribution >= 0.6 is 0 Å². The number of amidine groups is 1. The first kappa shape index (κ1) is 21.2. The lowest BCUT2D eigenvalue weighted by molar-refractivity contribution is 0.415. The second-order valence-corrected chi connectivity index (χ2v) is 8.39. The number of hydrogen-bond donors (Lipinski definition) is 4. The molecule has 0 spiro atoms. The van der Waals surface area contributed by atoms with Crippen LogP contribution in [0.1, 0.15) is 19.5 Å². The minimum atomic E-state index is -4.25. The highest BCUT2D eigenvalue weighted by Crippen LogP contribution is 2.34. The third-order valence-electron chi connectivity index (χ3n) is 4.35. The minimum Gasteiger partial charge on any atom is -0.393 e. The lowest BCUT2D eigenvalue weighted by Crippen LogP contribution is -2.33. The quantitative estimate of drug-likeness (QED) is 0.296. The highest BCUT2D eigenvalue weighted by atomic mass is 32.2. The smallest absolute Gasteiger partial charge is 0.356 e. The summed E-state index contributed by atoms with van der Waals surface area (Å²) in [7, 11) is -4.25. The van der Waals surface area contributed by atoms with Gasteiger partial charge < -0.3 is 25.9 Å². The average molecular weight is 429 g/mol. The number of hydrogen-bond acceptors (Lipinski definition) is 8. The van der Waals surface area contributed by atoms with E-state index in [1.807, 2.05) is 13.8 Å². The number of nitrogens with zero attached hydrogens (tertiary/aromatic N) is 2. The van der Waals surface area contributed by atoms with Crippen molar-refractivity contribution in [2.24, 2.45) is 17.4 Å². The van der Waals surface area contributed by atoms with Crippen molar-refractivity contribution in [3.8, 4) is 5.75 Å². The largest absolute Gasteiger partial charge is 0.393 e. The highest BCUT2D eigenvalue weighted by molar-refractivity contribution is 7.91. The van der Waals surface area contributed by atoms with Crippen LogP contribution < -0.4 is 21.0 Å². The molecule has 0 unspecified atom stereocenters. The van der Waals surface area contributed by atoms with E-state index in [9.17, 15) is 8.42 Å². The van der Waals surface area contributed by atoms with Gasteiger partial charge in [-0.3, -0.25) is 10.4 Å². The summed E-state index contributed by atoms with van der Waals surface area (Å²) in [6.07, 6.45) is 1.61. The molecule has 30 heavy (non-hydrogen) atoms. The molecular formula is C20H24N6O3S. The lowest BCUT2D eigenvalue weighted by Gasteiger charge is -2.23. The van der Waals surface area contributed by atoms with Crippen LogP contribution in [-0.4, -0.2) is 24.1 Å². The molecule has 1 aromatic heterocycles. The molecule has 0 amide bonds. The Hall–Kier alpha value is -3.53. The molecule has 0 atom stereocenters. The van der Waals surface area contributed by atoms with Crippen molar-refractivity contribution in [3.05, 3.63) is 82.7 Å². The molecule has 0 fully saturated rings. The lowest BCUT2D eigenvalue weighted by atomic mass is 10.1. The van der Waals surface area contributed by atoms with Crippen molar-refractivity contribution in [2.45, 2.75) is 20.4 Å². The van der Waals surface area contributed by atoms with E-state index in [4.69, 9.17) is 21.1 Å². The molecule has 10 heteroatoms. The van der Waals surface area contributed by atoms with Gasteiger partial charge in [0, 0.05) is 6.20 Å². The van der Waals surface area contributed by atoms with Crippen LogP contribution in [0.3, 0.4) is 0 Å². The summed E-state index contributed by atoms with van der Waals surface area (Å²) < 4.78 is 32.0. The van der Waals surface area contributed by atoms with Gasteiger partial charge in [-0.2, -0.15) is 8.42 Å². The zero-order valence-corrected chi connectivity index (χ0v) is 17.5. The Kier molecular flexibility index (Phi) is 5.97. The molecule has 0 radical (unpaired) electrons. The van der Waals surface area contributed by atoms with Crippen molar-refractivity contribution in [1.29, 1.82) is 5.41 Å². The first-order valence-electron chi connectivity index (χ1n) is 9.23. The maximum atomic E-state index is 13.3. The van der Waals surface area contributed by atoms with Gasteiger partial charge in [-0.25, -0.2) is 0 Å². The molecule has 6 N–H and O–H groups in total. The number of rotatable bonds is 7. The Morgan fingerprint density at radius 2 is 1.83 bits per heavy atom. The van der Waals surface area contributed by atoms with Gasteiger partial charge in [0.25, 0.3) is 0 Å². The molecule has 1 aliphatic rings. The van der Waals surface area contributed by atoms with Gasteiger partial charge in [-0.15, -0.1) is 0 Å². The van der Waals surface area contributed by atoms with Gasteiger partial charge in [0.05, 0.1) is 17.9 Å². The average Bonchev–Trinajstić information content (AvgIpc) is 3.09. The van der Waals surface area contributed by atoms with Crippen LogP contribution in [0, 0.1) is 11.3 Å². The number of nitrogens with two attached hydrogens (primary N) is 2. The molecule has 9 nitrogen and oxygen atoms in total. The Morgan fingerprint density at radius 3 is 2.40 bits per heavy atom. The SMILES string of the molecule is CC(C)C1=C(S(=O)(=O)Oc2ccccc2)N(Cc2ccccn2)C(=C(N)C(=N)N)N1. The van der Waals surface area contributed by atoms with Gasteiger partial charge in [0.1, 0.15) is 23.1 Å². The Morgan fingerprint density at radius 1 is 1.17 bits per heavy atom. The van der Waals surface area contributed by atoms with E-state index in [-0.39, 0.29) is 40.6 Å². The van der Waals surface area contributed by atoms with E-state index in [1.165, 1.54) is 4.90 Å². The number of allylic oxidation sites excluding steroid dienone is 1. The van der Waals surface area contributed by atoms with E-state index < -0.39 is 10.1 Å². The van der Waals surface area contributed by atoms with Gasteiger partial charge in [0.2, 0.25) is 0 Å². The van der Waals surface area contributed by atoms with Crippen molar-refractivity contribution < 1.29 is 12.6 Å². The Bertz CT molecular complexity index is 1100. The van der Waals surface area contributed by atoms with Crippen molar-refractivity contribution >= 4 is 16.0 Å². The molecule has 1 aromatic carbocycles. The molecule has 0 aliphatic carbocycles. The van der Waals surface area contributed by atoms with Gasteiger partial charge in [-0.05, 0) is 30.2 Å². The predicted octanol–water partition coefficient (Wildman–Crippen LogP) is 1.78. The van der Waals surface area contributed by atoms with Crippen molar-refractivity contribution in [1.82, 2.24) is 15.2 Å². The Labute approximate surface area is 175 Å². The first-order chi connectivity index (χ1) is 14.2.